The van der Waals surface area contributed by atoms with Gasteiger partial charge in [-0.15, -0.1) is 12.3 Å². The van der Waals surface area contributed by atoms with Gasteiger partial charge in [0.15, 0.2) is 0 Å². The van der Waals surface area contributed by atoms with Crippen molar-refractivity contribution in [2.24, 2.45) is 0 Å². The van der Waals surface area contributed by atoms with Gasteiger partial charge in [-0.25, -0.2) is 0 Å². The third kappa shape index (κ3) is 3.95. The van der Waals surface area contributed by atoms with Crippen molar-refractivity contribution < 1.29 is 0 Å². The van der Waals surface area contributed by atoms with Gasteiger partial charge in [-0.2, -0.15) is 0 Å². The molecule has 2 heteroatoms. The van der Waals surface area contributed by atoms with E-state index in [2.05, 4.69) is 24.2 Å². The summed E-state index contributed by atoms with van der Waals surface area (Å²) in [4.78, 5) is 0. The van der Waals surface area contributed by atoms with E-state index < -0.39 is 0 Å². The average Bonchev–Trinajstić information content (AvgIpc) is 2.24. The summed E-state index contributed by atoms with van der Waals surface area (Å²) in [5, 5.41) is 4.17. The largest absolute Gasteiger partial charge is 0.309 e. The smallest absolute Gasteiger partial charge is 0.0431 e. The van der Waals surface area contributed by atoms with Gasteiger partial charge in [0.2, 0.25) is 0 Å². The molecule has 0 aliphatic heterocycles. The van der Waals surface area contributed by atoms with E-state index in [1.807, 2.05) is 18.2 Å². The second-order valence-electron chi connectivity index (χ2n) is 3.47. The maximum Gasteiger partial charge on any atom is 0.0431 e. The lowest BCUT2D eigenvalue weighted by Gasteiger charge is -2.16. The highest BCUT2D eigenvalue weighted by atomic mass is 35.5. The van der Waals surface area contributed by atoms with Crippen molar-refractivity contribution in [3.63, 3.8) is 0 Å². The minimum absolute atomic E-state index is 0.216. The Kier molecular flexibility index (Phi) is 5.25. The molecule has 0 radical (unpaired) electrons. The molecule has 0 aromatic heterocycles. The van der Waals surface area contributed by atoms with Crippen LogP contribution in [0.1, 0.15) is 31.4 Å². The molecular formula is C13H16ClN. The lowest BCUT2D eigenvalue weighted by Crippen LogP contribution is -2.21. The van der Waals surface area contributed by atoms with Crippen LogP contribution in [0, 0.1) is 12.3 Å². The van der Waals surface area contributed by atoms with E-state index >= 15 is 0 Å². The van der Waals surface area contributed by atoms with Gasteiger partial charge in [0.05, 0.1) is 0 Å². The summed E-state index contributed by atoms with van der Waals surface area (Å²) in [5.41, 5.74) is 1.16. The quantitative estimate of drug-likeness (QED) is 0.752. The van der Waals surface area contributed by atoms with E-state index in [1.165, 1.54) is 0 Å². The Morgan fingerprint density at radius 2 is 2.33 bits per heavy atom. The zero-order chi connectivity index (χ0) is 11.1. The fourth-order valence-corrected chi connectivity index (χ4v) is 1.67. The summed E-state index contributed by atoms with van der Waals surface area (Å²) >= 11 is 5.94. The normalized spacial score (nSPS) is 12.1. The topological polar surface area (TPSA) is 12.0 Å². The highest BCUT2D eigenvalue weighted by molar-refractivity contribution is 6.30. The van der Waals surface area contributed by atoms with E-state index in [0.29, 0.717) is 6.42 Å². The zero-order valence-electron chi connectivity index (χ0n) is 8.96. The molecular weight excluding hydrogens is 206 g/mol. The van der Waals surface area contributed by atoms with E-state index in [-0.39, 0.29) is 6.04 Å². The number of nitrogens with one attached hydrogen (secondary N) is 1. The number of hydrogen-bond donors (Lipinski definition) is 1. The Balaban J connectivity index is 2.75. The maximum atomic E-state index is 5.94. The lowest BCUT2D eigenvalue weighted by atomic mass is 10.0. The molecule has 1 N–H and O–H groups in total. The zero-order valence-corrected chi connectivity index (χ0v) is 9.72. The third-order valence-electron chi connectivity index (χ3n) is 2.21. The minimum Gasteiger partial charge on any atom is -0.309 e. The van der Waals surface area contributed by atoms with Crippen molar-refractivity contribution in [3.8, 4) is 12.3 Å². The SMILES string of the molecule is C#CCC(NCCC)c1cccc(Cl)c1. The number of halogens is 1. The molecule has 0 heterocycles. The van der Waals surface area contributed by atoms with E-state index in [0.717, 1.165) is 23.6 Å². The molecule has 0 aliphatic rings. The van der Waals surface area contributed by atoms with Crippen LogP contribution in [0.5, 0.6) is 0 Å². The van der Waals surface area contributed by atoms with Gasteiger partial charge in [0, 0.05) is 17.5 Å². The van der Waals surface area contributed by atoms with Gasteiger partial charge in [-0.1, -0.05) is 30.7 Å². The first kappa shape index (κ1) is 12.1. The van der Waals surface area contributed by atoms with Crippen molar-refractivity contribution in [2.75, 3.05) is 6.54 Å². The average molecular weight is 222 g/mol. The molecule has 1 nitrogen and oxygen atoms in total. The highest BCUT2D eigenvalue weighted by Crippen LogP contribution is 2.20. The second kappa shape index (κ2) is 6.50. The Bertz CT molecular complexity index is 341. The summed E-state index contributed by atoms with van der Waals surface area (Å²) in [6.07, 6.45) is 7.15. The van der Waals surface area contributed by atoms with Gasteiger partial charge in [-0.3, -0.25) is 0 Å². The predicted octanol–water partition coefficient (Wildman–Crippen LogP) is 3.40. The van der Waals surface area contributed by atoms with Crippen LogP contribution in [0.2, 0.25) is 5.02 Å². The van der Waals surface area contributed by atoms with Crippen LogP contribution in [0.15, 0.2) is 24.3 Å². The van der Waals surface area contributed by atoms with Crippen LogP contribution >= 0.6 is 11.6 Å². The van der Waals surface area contributed by atoms with Crippen molar-refractivity contribution in [2.45, 2.75) is 25.8 Å². The fraction of sp³-hybridized carbons (Fsp3) is 0.385. The standard InChI is InChI=1S/C13H16ClN/c1-3-6-13(15-9-4-2)11-7-5-8-12(14)10-11/h1,5,7-8,10,13,15H,4,6,9H2,2H3. The number of hydrogen-bond acceptors (Lipinski definition) is 1. The number of benzene rings is 1. The van der Waals surface area contributed by atoms with Crippen molar-refractivity contribution >= 4 is 11.6 Å². The summed E-state index contributed by atoms with van der Waals surface area (Å²) in [5.74, 6) is 2.69. The monoisotopic (exact) mass is 221 g/mol. The Labute approximate surface area is 96.8 Å². The molecule has 1 aromatic carbocycles. The highest BCUT2D eigenvalue weighted by Gasteiger charge is 2.08. The van der Waals surface area contributed by atoms with Gasteiger partial charge in [0.25, 0.3) is 0 Å². The van der Waals surface area contributed by atoms with Crippen LogP contribution in [0.25, 0.3) is 0 Å². The van der Waals surface area contributed by atoms with Gasteiger partial charge >= 0.3 is 0 Å². The fourth-order valence-electron chi connectivity index (χ4n) is 1.47. The molecule has 0 saturated heterocycles. The molecule has 80 valence electrons. The third-order valence-corrected chi connectivity index (χ3v) is 2.45. The van der Waals surface area contributed by atoms with E-state index in [4.69, 9.17) is 18.0 Å². The number of terminal acetylenes is 1. The van der Waals surface area contributed by atoms with Gasteiger partial charge in [0.1, 0.15) is 0 Å². The van der Waals surface area contributed by atoms with Gasteiger partial charge in [-0.05, 0) is 30.7 Å². The predicted molar refractivity (Wildman–Crippen MR) is 65.9 cm³/mol. The number of rotatable bonds is 5. The molecule has 1 aromatic rings. The molecule has 1 unspecified atom stereocenters. The first-order chi connectivity index (χ1) is 7.27. The Morgan fingerprint density at radius 3 is 2.93 bits per heavy atom. The molecule has 0 saturated carbocycles. The van der Waals surface area contributed by atoms with Crippen LogP contribution in [0.3, 0.4) is 0 Å². The van der Waals surface area contributed by atoms with Crippen LogP contribution < -0.4 is 5.32 Å². The van der Waals surface area contributed by atoms with Crippen LogP contribution in [0.4, 0.5) is 0 Å². The summed E-state index contributed by atoms with van der Waals surface area (Å²) in [7, 11) is 0. The first-order valence-corrected chi connectivity index (χ1v) is 5.58. The first-order valence-electron chi connectivity index (χ1n) is 5.20. The molecule has 0 bridgehead atoms. The molecule has 0 spiro atoms. The molecule has 15 heavy (non-hydrogen) atoms. The summed E-state index contributed by atoms with van der Waals surface area (Å²) in [6, 6.07) is 8.06. The lowest BCUT2D eigenvalue weighted by molar-refractivity contribution is 0.542. The molecule has 1 rings (SSSR count). The maximum absolute atomic E-state index is 5.94. The summed E-state index contributed by atoms with van der Waals surface area (Å²) < 4.78 is 0. The summed E-state index contributed by atoms with van der Waals surface area (Å²) in [6.45, 7) is 3.11. The van der Waals surface area contributed by atoms with Crippen molar-refractivity contribution in [1.29, 1.82) is 0 Å². The van der Waals surface area contributed by atoms with Crippen molar-refractivity contribution in [1.82, 2.24) is 5.32 Å². The van der Waals surface area contributed by atoms with Crippen LogP contribution in [-0.4, -0.2) is 6.54 Å². The minimum atomic E-state index is 0.216. The van der Waals surface area contributed by atoms with Gasteiger partial charge < -0.3 is 5.32 Å². The van der Waals surface area contributed by atoms with Crippen molar-refractivity contribution in [3.05, 3.63) is 34.9 Å². The molecule has 1 atom stereocenters. The van der Waals surface area contributed by atoms with E-state index in [9.17, 15) is 0 Å². The molecule has 0 aliphatic carbocycles. The molecule has 0 fully saturated rings. The second-order valence-corrected chi connectivity index (χ2v) is 3.91. The Morgan fingerprint density at radius 1 is 1.53 bits per heavy atom. The molecule has 0 amide bonds. The van der Waals surface area contributed by atoms with Crippen LogP contribution in [-0.2, 0) is 0 Å². The van der Waals surface area contributed by atoms with E-state index in [1.54, 1.807) is 0 Å². The Hall–Kier alpha value is -0.970.